The summed E-state index contributed by atoms with van der Waals surface area (Å²) < 4.78 is 4.76. The van der Waals surface area contributed by atoms with Crippen LogP contribution in [-0.2, 0) is 19.1 Å². The fraction of sp³-hybridized carbons (Fsp3) is 0.550. The average molecular weight is 395 g/mol. The number of carbonyl (C=O) groups excluding carboxylic acids is 3. The number of piperidine rings is 1. The Morgan fingerprint density at radius 1 is 1.33 bits per heavy atom. The Kier molecular flexibility index (Phi) is 8.10. The van der Waals surface area contributed by atoms with Crippen molar-refractivity contribution < 1.29 is 19.1 Å². The van der Waals surface area contributed by atoms with E-state index in [2.05, 4.69) is 5.32 Å². The molecule has 2 rings (SSSR count). The molecular formula is C20H27ClN2O4. The van der Waals surface area contributed by atoms with Crippen molar-refractivity contribution in [3.8, 4) is 0 Å². The lowest BCUT2D eigenvalue weighted by molar-refractivity contribution is -0.141. The number of esters is 1. The van der Waals surface area contributed by atoms with E-state index < -0.39 is 12.0 Å². The number of hydrogen-bond acceptors (Lipinski definition) is 4. The van der Waals surface area contributed by atoms with E-state index >= 15 is 0 Å². The average Bonchev–Trinajstić information content (AvgIpc) is 2.68. The second-order valence-corrected chi connectivity index (χ2v) is 7.20. The van der Waals surface area contributed by atoms with Crippen molar-refractivity contribution in [3.63, 3.8) is 0 Å². The van der Waals surface area contributed by atoms with Crippen LogP contribution in [0.1, 0.15) is 50.6 Å². The highest BCUT2D eigenvalue weighted by molar-refractivity contribution is 6.31. The lowest BCUT2D eigenvalue weighted by Crippen LogP contribution is -2.46. The number of amides is 2. The fourth-order valence-electron chi connectivity index (χ4n) is 3.33. The summed E-state index contributed by atoms with van der Waals surface area (Å²) in [4.78, 5) is 38.6. The predicted molar refractivity (Wildman–Crippen MR) is 103 cm³/mol. The molecule has 2 atom stereocenters. The van der Waals surface area contributed by atoms with E-state index in [1.807, 2.05) is 13.0 Å². The summed E-state index contributed by atoms with van der Waals surface area (Å²) in [6, 6.07) is 6.54. The number of halogens is 1. The lowest BCUT2D eigenvalue weighted by Gasteiger charge is -2.33. The number of benzene rings is 1. The van der Waals surface area contributed by atoms with E-state index in [1.54, 1.807) is 23.1 Å². The molecular weight excluding hydrogens is 368 g/mol. The molecule has 2 amide bonds. The van der Waals surface area contributed by atoms with Crippen molar-refractivity contribution in [2.45, 2.75) is 45.1 Å². The van der Waals surface area contributed by atoms with E-state index in [1.165, 1.54) is 7.11 Å². The molecule has 0 saturated carbocycles. The van der Waals surface area contributed by atoms with Gasteiger partial charge in [0.15, 0.2) is 0 Å². The maximum absolute atomic E-state index is 12.8. The number of likely N-dealkylation sites (tertiary alicyclic amines) is 1. The summed E-state index contributed by atoms with van der Waals surface area (Å²) in [6.07, 6.45) is 2.80. The molecule has 148 valence electrons. The van der Waals surface area contributed by atoms with Crippen molar-refractivity contribution in [3.05, 3.63) is 34.9 Å². The van der Waals surface area contributed by atoms with Crippen LogP contribution in [0.15, 0.2) is 24.3 Å². The Hall–Kier alpha value is -2.08. The molecule has 0 aromatic heterocycles. The summed E-state index contributed by atoms with van der Waals surface area (Å²) in [5.74, 6) is -0.796. The first kappa shape index (κ1) is 21.2. The number of carbonyl (C=O) groups is 3. The zero-order chi connectivity index (χ0) is 19.8. The van der Waals surface area contributed by atoms with Gasteiger partial charge < -0.3 is 15.0 Å². The van der Waals surface area contributed by atoms with Gasteiger partial charge in [-0.3, -0.25) is 14.4 Å². The molecule has 1 saturated heterocycles. The SMILES string of the molecule is CCCC(=O)N1CCCC(C(=O)NC(CC(=O)OC)c2ccccc2Cl)C1. The summed E-state index contributed by atoms with van der Waals surface area (Å²) in [7, 11) is 1.31. The van der Waals surface area contributed by atoms with Gasteiger partial charge in [-0.15, -0.1) is 0 Å². The first-order chi connectivity index (χ1) is 13.0. The van der Waals surface area contributed by atoms with Gasteiger partial charge in [0.2, 0.25) is 11.8 Å². The molecule has 6 nitrogen and oxygen atoms in total. The fourth-order valence-corrected chi connectivity index (χ4v) is 3.59. The molecule has 1 heterocycles. The van der Waals surface area contributed by atoms with Gasteiger partial charge >= 0.3 is 5.97 Å². The summed E-state index contributed by atoms with van der Waals surface area (Å²) >= 11 is 6.26. The maximum Gasteiger partial charge on any atom is 0.307 e. The van der Waals surface area contributed by atoms with Gasteiger partial charge in [0.25, 0.3) is 0 Å². The molecule has 0 aliphatic carbocycles. The van der Waals surface area contributed by atoms with Gasteiger partial charge in [-0.25, -0.2) is 0 Å². The van der Waals surface area contributed by atoms with Gasteiger partial charge in [0, 0.05) is 24.5 Å². The van der Waals surface area contributed by atoms with Crippen LogP contribution in [-0.4, -0.2) is 42.9 Å². The molecule has 1 aliphatic rings. The van der Waals surface area contributed by atoms with Crippen molar-refractivity contribution in [2.75, 3.05) is 20.2 Å². The van der Waals surface area contributed by atoms with Crippen LogP contribution in [0.3, 0.4) is 0 Å². The van der Waals surface area contributed by atoms with Gasteiger partial charge in [-0.2, -0.15) is 0 Å². The molecule has 2 unspecified atom stereocenters. The highest BCUT2D eigenvalue weighted by Gasteiger charge is 2.30. The summed E-state index contributed by atoms with van der Waals surface area (Å²) in [5.41, 5.74) is 0.674. The van der Waals surface area contributed by atoms with Crippen molar-refractivity contribution in [2.24, 2.45) is 5.92 Å². The lowest BCUT2D eigenvalue weighted by atomic mass is 9.95. The first-order valence-electron chi connectivity index (χ1n) is 9.35. The van der Waals surface area contributed by atoms with Crippen LogP contribution in [0.4, 0.5) is 0 Å². The Balaban J connectivity index is 2.09. The minimum Gasteiger partial charge on any atom is -0.469 e. The number of nitrogens with one attached hydrogen (secondary N) is 1. The van der Waals surface area contributed by atoms with Crippen LogP contribution in [0.25, 0.3) is 0 Å². The monoisotopic (exact) mass is 394 g/mol. The van der Waals surface area contributed by atoms with E-state index in [9.17, 15) is 14.4 Å². The smallest absolute Gasteiger partial charge is 0.307 e. The number of nitrogens with zero attached hydrogens (tertiary/aromatic N) is 1. The quantitative estimate of drug-likeness (QED) is 0.721. The largest absolute Gasteiger partial charge is 0.469 e. The number of methoxy groups -OCH3 is 1. The minimum atomic E-state index is -0.569. The van der Waals surface area contributed by atoms with Crippen LogP contribution in [0.5, 0.6) is 0 Å². The normalized spacial score (nSPS) is 17.9. The Morgan fingerprint density at radius 2 is 2.07 bits per heavy atom. The van der Waals surface area contributed by atoms with Crippen molar-refractivity contribution in [1.82, 2.24) is 10.2 Å². The van der Waals surface area contributed by atoms with Crippen LogP contribution >= 0.6 is 11.6 Å². The zero-order valence-electron chi connectivity index (χ0n) is 15.9. The third-order valence-corrected chi connectivity index (χ3v) is 5.15. The Bertz CT molecular complexity index is 680. The second-order valence-electron chi connectivity index (χ2n) is 6.79. The molecule has 1 N–H and O–H groups in total. The van der Waals surface area contributed by atoms with Gasteiger partial charge in [-0.05, 0) is 30.9 Å². The van der Waals surface area contributed by atoms with Crippen LogP contribution in [0, 0.1) is 5.92 Å². The molecule has 0 radical (unpaired) electrons. The van der Waals surface area contributed by atoms with Crippen molar-refractivity contribution >= 4 is 29.4 Å². The molecule has 0 bridgehead atoms. The zero-order valence-corrected chi connectivity index (χ0v) is 16.6. The number of hydrogen-bond donors (Lipinski definition) is 1. The van der Waals surface area contributed by atoms with Crippen LogP contribution in [0.2, 0.25) is 5.02 Å². The minimum absolute atomic E-state index is 0.00280. The second kappa shape index (κ2) is 10.3. The van der Waals surface area contributed by atoms with E-state index in [0.29, 0.717) is 30.1 Å². The van der Waals surface area contributed by atoms with E-state index in [-0.39, 0.29) is 24.2 Å². The van der Waals surface area contributed by atoms with E-state index in [0.717, 1.165) is 19.3 Å². The van der Waals surface area contributed by atoms with E-state index in [4.69, 9.17) is 16.3 Å². The standard InChI is InChI=1S/C20H27ClN2O4/c1-3-7-18(24)23-11-6-8-14(13-23)20(26)22-17(12-19(25)27-2)15-9-4-5-10-16(15)21/h4-5,9-10,14,17H,3,6-8,11-13H2,1-2H3,(H,22,26). The highest BCUT2D eigenvalue weighted by Crippen LogP contribution is 2.27. The van der Waals surface area contributed by atoms with Gasteiger partial charge in [0.05, 0.1) is 25.5 Å². The molecule has 1 fully saturated rings. The third kappa shape index (κ3) is 5.96. The van der Waals surface area contributed by atoms with Gasteiger partial charge in [-0.1, -0.05) is 36.7 Å². The maximum atomic E-state index is 12.8. The molecule has 27 heavy (non-hydrogen) atoms. The van der Waals surface area contributed by atoms with Gasteiger partial charge in [0.1, 0.15) is 0 Å². The topological polar surface area (TPSA) is 75.7 Å². The van der Waals surface area contributed by atoms with Crippen molar-refractivity contribution in [1.29, 1.82) is 0 Å². The molecule has 0 spiro atoms. The van der Waals surface area contributed by atoms with Crippen LogP contribution < -0.4 is 5.32 Å². The molecule has 7 heteroatoms. The highest BCUT2D eigenvalue weighted by atomic mass is 35.5. The molecule has 1 aromatic carbocycles. The summed E-state index contributed by atoms with van der Waals surface area (Å²) in [5, 5.41) is 3.42. The first-order valence-corrected chi connectivity index (χ1v) is 9.73. The Labute approximate surface area is 165 Å². The number of rotatable bonds is 7. The molecule has 1 aromatic rings. The number of ether oxygens (including phenoxy) is 1. The molecule has 1 aliphatic heterocycles. The Morgan fingerprint density at radius 3 is 2.74 bits per heavy atom. The summed E-state index contributed by atoms with van der Waals surface area (Å²) in [6.45, 7) is 3.07. The predicted octanol–water partition coefficient (Wildman–Crippen LogP) is 3.10. The third-order valence-electron chi connectivity index (χ3n) is 4.80.